The lowest BCUT2D eigenvalue weighted by molar-refractivity contribution is 0.144. The highest BCUT2D eigenvalue weighted by atomic mass is 32.2. The number of carbonyl (C=O) groups is 1. The molecular formula is C25H23NO2S. The van der Waals surface area contributed by atoms with Gasteiger partial charge < -0.3 is 10.1 Å². The minimum Gasteiger partial charge on any atom is -0.449 e. The largest absolute Gasteiger partial charge is 0.449 e. The van der Waals surface area contributed by atoms with Gasteiger partial charge in [-0.15, -0.1) is 11.8 Å². The minimum absolute atomic E-state index is 0.0821. The summed E-state index contributed by atoms with van der Waals surface area (Å²) in [6.45, 7) is 0.765. The molecule has 0 aliphatic heterocycles. The van der Waals surface area contributed by atoms with Crippen LogP contribution >= 0.6 is 11.8 Å². The van der Waals surface area contributed by atoms with E-state index in [0.29, 0.717) is 13.2 Å². The highest BCUT2D eigenvalue weighted by Gasteiger charge is 2.28. The van der Waals surface area contributed by atoms with E-state index in [1.165, 1.54) is 27.1 Å². The number of amides is 1. The van der Waals surface area contributed by atoms with Crippen LogP contribution in [0.5, 0.6) is 0 Å². The normalized spacial score (nSPS) is 12.6. The van der Waals surface area contributed by atoms with Gasteiger partial charge in [-0.3, -0.25) is 0 Å². The Morgan fingerprint density at radius 1 is 0.966 bits per heavy atom. The topological polar surface area (TPSA) is 38.3 Å². The molecule has 0 atom stereocenters. The zero-order chi connectivity index (χ0) is 20.1. The van der Waals surface area contributed by atoms with E-state index in [4.69, 9.17) is 4.74 Å². The molecule has 0 saturated heterocycles. The first-order valence-corrected chi connectivity index (χ1v) is 10.9. The minimum atomic E-state index is -0.394. The molecule has 4 heteroatoms. The maximum atomic E-state index is 12.1. The molecule has 0 saturated carbocycles. The lowest BCUT2D eigenvalue weighted by atomic mass is 9.98. The number of nitrogens with one attached hydrogen (secondary N) is 1. The van der Waals surface area contributed by atoms with Gasteiger partial charge >= 0.3 is 6.09 Å². The lowest BCUT2D eigenvalue weighted by Gasteiger charge is -2.14. The molecule has 1 aliphatic rings. The number of fused-ring (bicyclic) bond motifs is 3. The van der Waals surface area contributed by atoms with Gasteiger partial charge in [0.25, 0.3) is 0 Å². The molecule has 1 aliphatic carbocycles. The number of ether oxygens (including phenoxy) is 1. The van der Waals surface area contributed by atoms with Gasteiger partial charge in [0.1, 0.15) is 6.61 Å². The fourth-order valence-corrected chi connectivity index (χ4v) is 4.11. The van der Waals surface area contributed by atoms with Crippen LogP contribution in [0.4, 0.5) is 4.79 Å². The maximum absolute atomic E-state index is 12.1. The highest BCUT2D eigenvalue weighted by molar-refractivity contribution is 7.98. The Balaban J connectivity index is 1.31. The fourth-order valence-electron chi connectivity index (χ4n) is 3.70. The summed E-state index contributed by atoms with van der Waals surface area (Å²) < 4.78 is 5.54. The number of rotatable bonds is 6. The predicted molar refractivity (Wildman–Crippen MR) is 120 cm³/mol. The van der Waals surface area contributed by atoms with Crippen LogP contribution in [0.1, 0.15) is 22.6 Å². The van der Waals surface area contributed by atoms with E-state index >= 15 is 0 Å². The third kappa shape index (κ3) is 4.38. The molecule has 0 aromatic heterocycles. The monoisotopic (exact) mass is 401 g/mol. The Labute approximate surface area is 175 Å². The van der Waals surface area contributed by atoms with Crippen molar-refractivity contribution in [1.29, 1.82) is 0 Å². The number of hydrogen-bond donors (Lipinski definition) is 1. The van der Waals surface area contributed by atoms with Crippen LogP contribution in [0, 0.1) is 0 Å². The summed E-state index contributed by atoms with van der Waals surface area (Å²) in [7, 11) is 0. The summed E-state index contributed by atoms with van der Waals surface area (Å²) in [5.41, 5.74) is 6.00. The number of carbonyl (C=O) groups excluding carboxylic acids is 1. The fraction of sp³-hybridized carbons (Fsp3) is 0.160. The molecule has 0 spiro atoms. The highest BCUT2D eigenvalue weighted by Crippen LogP contribution is 2.44. The van der Waals surface area contributed by atoms with Gasteiger partial charge in [0.05, 0.1) is 0 Å². The average Bonchev–Trinajstić information content (AvgIpc) is 3.09. The van der Waals surface area contributed by atoms with Crippen LogP contribution in [0.3, 0.4) is 0 Å². The summed E-state index contributed by atoms with van der Waals surface area (Å²) in [5.74, 6) is 0.0821. The number of alkyl carbamates (subject to hydrolysis) is 1. The van der Waals surface area contributed by atoms with Crippen LogP contribution in [0.2, 0.25) is 0 Å². The van der Waals surface area contributed by atoms with Crippen LogP contribution in [-0.2, 0) is 4.74 Å². The summed E-state index contributed by atoms with van der Waals surface area (Å²) in [6.07, 6.45) is 5.58. The third-order valence-corrected chi connectivity index (χ3v) is 5.88. The smallest absolute Gasteiger partial charge is 0.407 e. The first-order chi connectivity index (χ1) is 14.3. The van der Waals surface area contributed by atoms with Crippen LogP contribution in [-0.4, -0.2) is 25.5 Å². The van der Waals surface area contributed by atoms with Crippen molar-refractivity contribution in [2.75, 3.05) is 19.4 Å². The molecule has 0 fully saturated rings. The summed E-state index contributed by atoms with van der Waals surface area (Å²) in [5, 5.41) is 2.80. The molecule has 1 amide bonds. The zero-order valence-electron chi connectivity index (χ0n) is 16.3. The van der Waals surface area contributed by atoms with Gasteiger partial charge in [-0.05, 0) is 46.2 Å². The SMILES string of the molecule is CSc1ccc(C=CCNC(=O)OCC2c3ccccc3-c3ccccc32)cc1. The molecule has 0 bridgehead atoms. The van der Waals surface area contributed by atoms with Crippen molar-refractivity contribution in [2.45, 2.75) is 10.8 Å². The molecular weight excluding hydrogens is 378 g/mol. The third-order valence-electron chi connectivity index (χ3n) is 5.13. The molecule has 146 valence electrons. The van der Waals surface area contributed by atoms with Gasteiger partial charge in [-0.25, -0.2) is 4.79 Å². The van der Waals surface area contributed by atoms with E-state index in [-0.39, 0.29) is 5.92 Å². The van der Waals surface area contributed by atoms with E-state index in [9.17, 15) is 4.79 Å². The molecule has 3 nitrogen and oxygen atoms in total. The first-order valence-electron chi connectivity index (χ1n) is 9.65. The average molecular weight is 402 g/mol. The van der Waals surface area contributed by atoms with Crippen molar-refractivity contribution < 1.29 is 9.53 Å². The molecule has 0 unspecified atom stereocenters. The summed E-state index contributed by atoms with van der Waals surface area (Å²) in [6, 6.07) is 25.0. The Morgan fingerprint density at radius 2 is 1.59 bits per heavy atom. The van der Waals surface area contributed by atoms with E-state index < -0.39 is 6.09 Å². The van der Waals surface area contributed by atoms with Crippen molar-refractivity contribution >= 4 is 23.9 Å². The van der Waals surface area contributed by atoms with Crippen molar-refractivity contribution in [3.8, 4) is 11.1 Å². The second kappa shape index (κ2) is 9.01. The predicted octanol–water partition coefficient (Wildman–Crippen LogP) is 5.96. The Kier molecular flexibility index (Phi) is 6.01. The molecule has 3 aromatic rings. The van der Waals surface area contributed by atoms with Gasteiger partial charge in [-0.1, -0.05) is 72.8 Å². The Bertz CT molecular complexity index is 982. The summed E-state index contributed by atoms with van der Waals surface area (Å²) in [4.78, 5) is 13.4. The number of hydrogen-bond acceptors (Lipinski definition) is 3. The first kappa shape index (κ1) is 19.3. The quantitative estimate of drug-likeness (QED) is 0.518. The van der Waals surface area contributed by atoms with E-state index in [2.05, 4.69) is 60.1 Å². The molecule has 3 aromatic carbocycles. The zero-order valence-corrected chi connectivity index (χ0v) is 17.1. The van der Waals surface area contributed by atoms with Gasteiger partial charge in [0.15, 0.2) is 0 Å². The van der Waals surface area contributed by atoms with Gasteiger partial charge in [0.2, 0.25) is 0 Å². The second-order valence-electron chi connectivity index (χ2n) is 6.88. The van der Waals surface area contributed by atoms with Gasteiger partial charge in [0, 0.05) is 17.4 Å². The standard InChI is InChI=1S/C25H23NO2S/c1-29-19-14-12-18(13-15-19)7-6-16-26-25(27)28-17-24-22-10-4-2-8-20(22)21-9-3-5-11-23(21)24/h2-15,24H,16-17H2,1H3,(H,26,27). The Hall–Kier alpha value is -2.98. The molecule has 0 radical (unpaired) electrons. The number of benzene rings is 3. The van der Waals surface area contributed by atoms with E-state index in [0.717, 1.165) is 5.56 Å². The van der Waals surface area contributed by atoms with E-state index in [1.54, 1.807) is 11.8 Å². The Morgan fingerprint density at radius 3 is 2.21 bits per heavy atom. The molecule has 29 heavy (non-hydrogen) atoms. The van der Waals surface area contributed by atoms with Crippen molar-refractivity contribution in [2.24, 2.45) is 0 Å². The molecule has 4 rings (SSSR count). The van der Waals surface area contributed by atoms with Crippen LogP contribution < -0.4 is 5.32 Å². The second-order valence-corrected chi connectivity index (χ2v) is 7.76. The van der Waals surface area contributed by atoms with Crippen LogP contribution in [0.15, 0.2) is 83.8 Å². The number of thioether (sulfide) groups is 1. The van der Waals surface area contributed by atoms with Crippen molar-refractivity contribution in [1.82, 2.24) is 5.32 Å². The lowest BCUT2D eigenvalue weighted by Crippen LogP contribution is -2.26. The van der Waals surface area contributed by atoms with Crippen molar-refractivity contribution in [3.05, 3.63) is 95.6 Å². The van der Waals surface area contributed by atoms with Crippen LogP contribution in [0.25, 0.3) is 17.2 Å². The molecule has 1 N–H and O–H groups in total. The maximum Gasteiger partial charge on any atom is 0.407 e. The van der Waals surface area contributed by atoms with Crippen molar-refractivity contribution in [3.63, 3.8) is 0 Å². The molecule has 0 heterocycles. The summed E-state index contributed by atoms with van der Waals surface area (Å²) >= 11 is 1.72. The van der Waals surface area contributed by atoms with E-state index in [1.807, 2.05) is 36.4 Å². The van der Waals surface area contributed by atoms with Gasteiger partial charge in [-0.2, -0.15) is 0 Å².